The van der Waals surface area contributed by atoms with Gasteiger partial charge in [-0.3, -0.25) is 9.59 Å². The number of benzene rings is 6. The molecule has 0 heterocycles. The predicted molar refractivity (Wildman–Crippen MR) is 153 cm³/mol. The number of carbonyl (C=O) groups is 2. The van der Waals surface area contributed by atoms with Crippen LogP contribution in [-0.2, 0) is 0 Å². The molecule has 0 saturated heterocycles. The van der Waals surface area contributed by atoms with E-state index in [1.165, 1.54) is 0 Å². The molecule has 0 amide bonds. The van der Waals surface area contributed by atoms with E-state index in [1.54, 1.807) is 0 Å². The lowest BCUT2D eigenvalue weighted by Crippen LogP contribution is -2.12. The Morgan fingerprint density at radius 1 is 0.368 bits per heavy atom. The Balaban J connectivity index is 1.52. The van der Waals surface area contributed by atoms with E-state index in [2.05, 4.69) is 12.1 Å². The number of nitrogen functional groups attached to an aromatic ring is 2. The summed E-state index contributed by atoms with van der Waals surface area (Å²) in [5, 5.41) is 3.40. The second kappa shape index (κ2) is 7.17. The molecule has 8 rings (SSSR count). The van der Waals surface area contributed by atoms with Crippen molar-refractivity contribution in [3.8, 4) is 33.4 Å². The molecular weight excluding hydrogens is 468 g/mol. The van der Waals surface area contributed by atoms with Crippen LogP contribution in [0.1, 0.15) is 31.8 Å². The number of ketones is 2. The van der Waals surface area contributed by atoms with Crippen molar-refractivity contribution in [2.45, 2.75) is 0 Å². The van der Waals surface area contributed by atoms with Gasteiger partial charge in [-0.25, -0.2) is 0 Å². The third-order valence-corrected chi connectivity index (χ3v) is 8.11. The van der Waals surface area contributed by atoms with E-state index < -0.39 is 0 Å². The van der Waals surface area contributed by atoms with Gasteiger partial charge in [0.2, 0.25) is 0 Å². The van der Waals surface area contributed by atoms with Gasteiger partial charge in [0.05, 0.1) is 0 Å². The first-order valence-electron chi connectivity index (χ1n) is 12.5. The highest BCUT2D eigenvalue weighted by atomic mass is 16.1. The molecule has 6 aromatic rings. The largest absolute Gasteiger partial charge is 0.398 e. The lowest BCUT2D eigenvalue weighted by atomic mass is 9.78. The number of hydrogen-bond acceptors (Lipinski definition) is 4. The van der Waals surface area contributed by atoms with Crippen molar-refractivity contribution < 1.29 is 9.59 Å². The third kappa shape index (κ3) is 2.49. The van der Waals surface area contributed by atoms with E-state index in [-0.39, 0.29) is 11.6 Å². The van der Waals surface area contributed by atoms with Crippen LogP contribution in [0.25, 0.3) is 54.9 Å². The first-order chi connectivity index (χ1) is 18.5. The van der Waals surface area contributed by atoms with Crippen LogP contribution in [0.3, 0.4) is 0 Å². The molecule has 0 bridgehead atoms. The maximum absolute atomic E-state index is 13.3. The Bertz CT molecular complexity index is 1940. The first kappa shape index (κ1) is 20.9. The van der Waals surface area contributed by atoms with Crippen molar-refractivity contribution in [2.24, 2.45) is 0 Å². The van der Waals surface area contributed by atoms with Gasteiger partial charge in [-0.2, -0.15) is 0 Å². The monoisotopic (exact) mass is 488 g/mol. The molecule has 0 fully saturated rings. The number of anilines is 2. The molecule has 4 nitrogen and oxygen atoms in total. The van der Waals surface area contributed by atoms with Gasteiger partial charge in [-0.05, 0) is 34.4 Å². The summed E-state index contributed by atoms with van der Waals surface area (Å²) < 4.78 is 0. The molecule has 2 aliphatic carbocycles. The van der Waals surface area contributed by atoms with Gasteiger partial charge >= 0.3 is 0 Å². The van der Waals surface area contributed by atoms with Crippen LogP contribution in [0.4, 0.5) is 11.4 Å². The van der Waals surface area contributed by atoms with Crippen molar-refractivity contribution >= 4 is 44.5 Å². The highest BCUT2D eigenvalue weighted by molar-refractivity contribution is 6.30. The minimum atomic E-state index is 0.00861. The molecule has 0 atom stereocenters. The van der Waals surface area contributed by atoms with E-state index in [9.17, 15) is 9.59 Å². The normalized spacial score (nSPS) is 13.1. The molecule has 4 heteroatoms. The summed E-state index contributed by atoms with van der Waals surface area (Å²) in [6.45, 7) is 0. The Kier molecular flexibility index (Phi) is 3.95. The molecule has 178 valence electrons. The molecule has 2 aliphatic rings. The highest BCUT2D eigenvalue weighted by Gasteiger charge is 2.30. The fourth-order valence-corrected chi connectivity index (χ4v) is 6.38. The average molecular weight is 489 g/mol. The summed E-state index contributed by atoms with van der Waals surface area (Å²) in [5.41, 5.74) is 22.9. The third-order valence-electron chi connectivity index (χ3n) is 8.11. The smallest absolute Gasteiger partial charge is 0.194 e. The lowest BCUT2D eigenvalue weighted by Gasteiger charge is -2.25. The van der Waals surface area contributed by atoms with E-state index in [4.69, 9.17) is 11.5 Å². The van der Waals surface area contributed by atoms with Crippen molar-refractivity contribution in [1.82, 2.24) is 0 Å². The number of fused-ring (bicyclic) bond motifs is 4. The van der Waals surface area contributed by atoms with E-state index in [0.29, 0.717) is 33.6 Å². The SMILES string of the molecule is Nc1c(-c2cc3c4c(cccc4c2N)C(=O)c2ccccc2-3)cc2c3c(cccc13)C(=O)c1ccccc1-2. The summed E-state index contributed by atoms with van der Waals surface area (Å²) in [6.07, 6.45) is 0. The van der Waals surface area contributed by atoms with Gasteiger partial charge in [0.25, 0.3) is 0 Å². The zero-order chi connectivity index (χ0) is 25.7. The van der Waals surface area contributed by atoms with Crippen molar-refractivity contribution in [3.63, 3.8) is 0 Å². The summed E-state index contributed by atoms with van der Waals surface area (Å²) in [4.78, 5) is 26.7. The van der Waals surface area contributed by atoms with Gasteiger partial charge in [0.15, 0.2) is 11.6 Å². The summed E-state index contributed by atoms with van der Waals surface area (Å²) in [5.74, 6) is 0.0172. The van der Waals surface area contributed by atoms with Crippen molar-refractivity contribution in [3.05, 3.63) is 119 Å². The minimum absolute atomic E-state index is 0.00861. The molecule has 0 spiro atoms. The average Bonchev–Trinajstić information content (AvgIpc) is 2.96. The summed E-state index contributed by atoms with van der Waals surface area (Å²) in [7, 11) is 0. The number of nitrogens with two attached hydrogens (primary N) is 2. The topological polar surface area (TPSA) is 86.2 Å². The van der Waals surface area contributed by atoms with Gasteiger partial charge in [-0.15, -0.1) is 0 Å². The van der Waals surface area contributed by atoms with Crippen LogP contribution in [0.2, 0.25) is 0 Å². The van der Waals surface area contributed by atoms with Crippen LogP contribution >= 0.6 is 0 Å². The maximum atomic E-state index is 13.3. The molecule has 4 N–H and O–H groups in total. The van der Waals surface area contributed by atoms with Crippen molar-refractivity contribution in [1.29, 1.82) is 0 Å². The Morgan fingerprint density at radius 3 is 1.16 bits per heavy atom. The lowest BCUT2D eigenvalue weighted by molar-refractivity contribution is 0.103. The fourth-order valence-electron chi connectivity index (χ4n) is 6.38. The molecule has 38 heavy (non-hydrogen) atoms. The number of rotatable bonds is 1. The second-order valence-electron chi connectivity index (χ2n) is 9.98. The zero-order valence-corrected chi connectivity index (χ0v) is 20.2. The molecule has 0 unspecified atom stereocenters. The summed E-state index contributed by atoms with van der Waals surface area (Å²) >= 11 is 0. The quantitative estimate of drug-likeness (QED) is 0.238. The predicted octanol–water partition coefficient (Wildman–Crippen LogP) is 7.25. The Labute approximate surface area is 218 Å². The van der Waals surface area contributed by atoms with Crippen LogP contribution in [0, 0.1) is 0 Å². The molecule has 0 aromatic heterocycles. The van der Waals surface area contributed by atoms with Gasteiger partial charge < -0.3 is 11.5 Å². The van der Waals surface area contributed by atoms with Gasteiger partial charge in [0.1, 0.15) is 0 Å². The van der Waals surface area contributed by atoms with E-state index >= 15 is 0 Å². The first-order valence-corrected chi connectivity index (χ1v) is 12.5. The standard InChI is InChI=1S/C34H20N2O2/c35-31-21-11-5-13-23-29(21)25(17-7-1-3-9-19(17)33(23)37)15-27(31)28-16-26-18-8-2-4-10-20(18)34(38)24-14-6-12-22(30(24)26)32(28)36/h1-16H,35-36H2. The van der Waals surface area contributed by atoms with Crippen LogP contribution in [0.5, 0.6) is 0 Å². The van der Waals surface area contributed by atoms with E-state index in [1.807, 2.05) is 84.9 Å². The molecule has 0 aliphatic heterocycles. The molecule has 0 saturated carbocycles. The molecule has 6 aromatic carbocycles. The van der Waals surface area contributed by atoms with Gasteiger partial charge in [-0.1, -0.05) is 84.9 Å². The van der Waals surface area contributed by atoms with Crippen LogP contribution < -0.4 is 11.5 Å². The minimum Gasteiger partial charge on any atom is -0.398 e. The number of hydrogen-bond donors (Lipinski definition) is 2. The molecule has 0 radical (unpaired) electrons. The van der Waals surface area contributed by atoms with Crippen LogP contribution in [-0.4, -0.2) is 11.6 Å². The van der Waals surface area contributed by atoms with Gasteiger partial charge in [0, 0.05) is 66.3 Å². The molecular formula is C34H20N2O2. The number of carbonyl (C=O) groups excluding carboxylic acids is 2. The second-order valence-corrected chi connectivity index (χ2v) is 9.98. The van der Waals surface area contributed by atoms with E-state index in [0.717, 1.165) is 54.9 Å². The van der Waals surface area contributed by atoms with Crippen LogP contribution in [0.15, 0.2) is 97.1 Å². The summed E-state index contributed by atoms with van der Waals surface area (Å²) in [6, 6.07) is 31.0. The Morgan fingerprint density at radius 2 is 0.737 bits per heavy atom. The Hall–Kier alpha value is -5.22. The fraction of sp³-hybridized carbons (Fsp3) is 0. The maximum Gasteiger partial charge on any atom is 0.194 e. The highest BCUT2D eigenvalue weighted by Crippen LogP contribution is 2.50. The van der Waals surface area contributed by atoms with Crippen molar-refractivity contribution in [2.75, 3.05) is 11.5 Å². The zero-order valence-electron chi connectivity index (χ0n) is 20.2.